The van der Waals surface area contributed by atoms with Crippen molar-refractivity contribution in [3.8, 4) is 0 Å². The van der Waals surface area contributed by atoms with Crippen LogP contribution in [0.2, 0.25) is 0 Å². The molecule has 0 spiro atoms. The minimum absolute atomic E-state index is 0.265. The summed E-state index contributed by atoms with van der Waals surface area (Å²) in [5.74, 6) is -0.265. The van der Waals surface area contributed by atoms with Crippen LogP contribution in [0, 0.1) is 13.8 Å². The molecule has 0 bridgehead atoms. The molecule has 1 unspecified atom stereocenters. The number of ether oxygens (including phenoxy) is 1. The fourth-order valence-electron chi connectivity index (χ4n) is 1.67. The van der Waals surface area contributed by atoms with Crippen molar-refractivity contribution in [2.24, 2.45) is 0 Å². The molecule has 5 nitrogen and oxygen atoms in total. The topological polar surface area (TPSA) is 64.1 Å². The zero-order chi connectivity index (χ0) is 15.4. The van der Waals surface area contributed by atoms with Crippen molar-refractivity contribution >= 4 is 39.9 Å². The third-order valence-corrected chi connectivity index (χ3v) is 5.06. The summed E-state index contributed by atoms with van der Waals surface area (Å²) in [7, 11) is 1.38. The molecule has 1 aromatic heterocycles. The van der Waals surface area contributed by atoms with E-state index in [1.807, 2.05) is 12.1 Å². The number of thioether (sulfide) groups is 1. The molecule has 0 radical (unpaired) electrons. The molecule has 1 aromatic carbocycles. The number of benzene rings is 1. The van der Waals surface area contributed by atoms with Crippen LogP contribution in [0.4, 0.5) is 10.8 Å². The van der Waals surface area contributed by atoms with E-state index >= 15 is 0 Å². The lowest BCUT2D eigenvalue weighted by molar-refractivity contribution is -0.139. The maximum absolute atomic E-state index is 11.4. The second-order valence-electron chi connectivity index (χ2n) is 4.53. The molecule has 0 aliphatic carbocycles. The van der Waals surface area contributed by atoms with Gasteiger partial charge in [-0.15, -0.1) is 10.2 Å². The number of nitrogens with one attached hydrogen (secondary N) is 1. The van der Waals surface area contributed by atoms with Crippen molar-refractivity contribution in [2.75, 3.05) is 12.4 Å². The highest BCUT2D eigenvalue weighted by Gasteiger charge is 2.17. The minimum atomic E-state index is -0.295. The standard InChI is InChI=1S/C14H17N3O2S2/c1-8-6-5-7-11(9(8)2)15-13-16-17-14(21-13)20-10(3)12(18)19-4/h5-7,10H,1-4H3,(H,15,16). The Morgan fingerprint density at radius 1 is 1.38 bits per heavy atom. The first-order valence-corrected chi connectivity index (χ1v) is 8.12. The minimum Gasteiger partial charge on any atom is -0.468 e. The molecule has 0 saturated carbocycles. The number of aryl methyl sites for hydroxylation is 1. The fourth-order valence-corrected chi connectivity index (χ4v) is 3.61. The largest absolute Gasteiger partial charge is 0.468 e. The van der Waals surface area contributed by atoms with Crippen molar-refractivity contribution in [3.05, 3.63) is 29.3 Å². The van der Waals surface area contributed by atoms with E-state index in [2.05, 4.69) is 35.4 Å². The summed E-state index contributed by atoms with van der Waals surface area (Å²) in [5, 5.41) is 11.9. The van der Waals surface area contributed by atoms with Gasteiger partial charge in [0, 0.05) is 5.69 Å². The van der Waals surface area contributed by atoms with Crippen LogP contribution < -0.4 is 5.32 Å². The molecule has 21 heavy (non-hydrogen) atoms. The summed E-state index contributed by atoms with van der Waals surface area (Å²) >= 11 is 2.77. The zero-order valence-electron chi connectivity index (χ0n) is 12.3. The summed E-state index contributed by atoms with van der Waals surface area (Å²) in [4.78, 5) is 11.4. The van der Waals surface area contributed by atoms with Gasteiger partial charge in [-0.1, -0.05) is 35.2 Å². The number of carbonyl (C=O) groups is 1. The monoisotopic (exact) mass is 323 g/mol. The van der Waals surface area contributed by atoms with Crippen molar-refractivity contribution in [3.63, 3.8) is 0 Å². The summed E-state index contributed by atoms with van der Waals surface area (Å²) in [6.07, 6.45) is 0. The number of rotatable bonds is 5. The van der Waals surface area contributed by atoms with Crippen LogP contribution in [0.3, 0.4) is 0 Å². The summed E-state index contributed by atoms with van der Waals surface area (Å²) in [5.41, 5.74) is 3.42. The molecule has 0 fully saturated rings. The molecule has 0 aliphatic heterocycles. The van der Waals surface area contributed by atoms with Gasteiger partial charge in [0.15, 0.2) is 4.34 Å². The van der Waals surface area contributed by atoms with Crippen LogP contribution in [-0.2, 0) is 9.53 Å². The van der Waals surface area contributed by atoms with Crippen molar-refractivity contribution < 1.29 is 9.53 Å². The molecule has 1 N–H and O–H groups in total. The van der Waals surface area contributed by atoms with Gasteiger partial charge in [-0.25, -0.2) is 0 Å². The molecule has 0 aliphatic rings. The van der Waals surface area contributed by atoms with Gasteiger partial charge < -0.3 is 10.1 Å². The van der Waals surface area contributed by atoms with E-state index in [4.69, 9.17) is 4.74 Å². The summed E-state index contributed by atoms with van der Waals surface area (Å²) < 4.78 is 5.43. The lowest BCUT2D eigenvalue weighted by atomic mass is 10.1. The normalized spacial score (nSPS) is 12.0. The molecule has 1 atom stereocenters. The molecule has 7 heteroatoms. The second-order valence-corrected chi connectivity index (χ2v) is 7.09. The van der Waals surface area contributed by atoms with Gasteiger partial charge in [-0.05, 0) is 38.0 Å². The Hall–Kier alpha value is -1.60. The molecule has 2 rings (SSSR count). The van der Waals surface area contributed by atoms with Crippen molar-refractivity contribution in [1.29, 1.82) is 0 Å². The summed E-state index contributed by atoms with van der Waals surface area (Å²) in [6, 6.07) is 6.08. The Bertz CT molecular complexity index is 643. The van der Waals surface area contributed by atoms with Gasteiger partial charge in [0.05, 0.1) is 7.11 Å². The number of aromatic nitrogens is 2. The van der Waals surface area contributed by atoms with Crippen LogP contribution in [0.25, 0.3) is 0 Å². The number of hydrogen-bond donors (Lipinski definition) is 1. The van der Waals surface area contributed by atoms with E-state index in [0.29, 0.717) is 5.13 Å². The predicted octanol–water partition coefficient (Wildman–Crippen LogP) is 3.55. The Morgan fingerprint density at radius 3 is 2.86 bits per heavy atom. The number of hydrogen-bond acceptors (Lipinski definition) is 7. The Kier molecular flexibility index (Phi) is 5.19. The van der Waals surface area contributed by atoms with Gasteiger partial charge in [-0.3, -0.25) is 4.79 Å². The van der Waals surface area contributed by atoms with E-state index in [1.165, 1.54) is 41.3 Å². The number of esters is 1. The van der Waals surface area contributed by atoms with Crippen LogP contribution in [-0.4, -0.2) is 28.5 Å². The van der Waals surface area contributed by atoms with Crippen LogP contribution in [0.5, 0.6) is 0 Å². The summed E-state index contributed by atoms with van der Waals surface area (Å²) in [6.45, 7) is 5.92. The van der Waals surface area contributed by atoms with Crippen LogP contribution in [0.15, 0.2) is 22.5 Å². The van der Waals surface area contributed by atoms with Crippen LogP contribution >= 0.6 is 23.1 Å². The Balaban J connectivity index is 2.06. The number of anilines is 2. The van der Waals surface area contributed by atoms with Crippen molar-refractivity contribution in [2.45, 2.75) is 30.4 Å². The lowest BCUT2D eigenvalue weighted by Gasteiger charge is -2.08. The Morgan fingerprint density at radius 2 is 2.14 bits per heavy atom. The fraction of sp³-hybridized carbons (Fsp3) is 0.357. The first kappa shape index (κ1) is 15.8. The van der Waals surface area contributed by atoms with Gasteiger partial charge in [-0.2, -0.15) is 0 Å². The number of carbonyl (C=O) groups excluding carboxylic acids is 1. The highest BCUT2D eigenvalue weighted by molar-refractivity contribution is 8.02. The predicted molar refractivity (Wildman–Crippen MR) is 86.4 cm³/mol. The highest BCUT2D eigenvalue weighted by Crippen LogP contribution is 2.31. The van der Waals surface area contributed by atoms with Gasteiger partial charge in [0.1, 0.15) is 5.25 Å². The molecule has 112 valence electrons. The van der Waals surface area contributed by atoms with E-state index in [9.17, 15) is 4.79 Å². The number of nitrogens with zero attached hydrogens (tertiary/aromatic N) is 2. The average Bonchev–Trinajstić information content (AvgIpc) is 2.90. The van der Waals surface area contributed by atoms with Gasteiger partial charge >= 0.3 is 5.97 Å². The van der Waals surface area contributed by atoms with Crippen molar-refractivity contribution in [1.82, 2.24) is 10.2 Å². The molecule has 2 aromatic rings. The second kappa shape index (κ2) is 6.91. The number of methoxy groups -OCH3 is 1. The first-order valence-electron chi connectivity index (χ1n) is 6.42. The van der Waals surface area contributed by atoms with E-state index in [1.54, 1.807) is 6.92 Å². The average molecular weight is 323 g/mol. The van der Waals surface area contributed by atoms with E-state index in [-0.39, 0.29) is 11.2 Å². The SMILES string of the molecule is COC(=O)C(C)Sc1nnc(Nc2cccc(C)c2C)s1. The smallest absolute Gasteiger partial charge is 0.318 e. The third kappa shape index (κ3) is 3.95. The maximum atomic E-state index is 11.4. The molecular formula is C14H17N3O2S2. The third-order valence-electron chi connectivity index (χ3n) is 3.06. The van der Waals surface area contributed by atoms with E-state index < -0.39 is 0 Å². The first-order chi connectivity index (χ1) is 10.0. The molecule has 0 saturated heterocycles. The maximum Gasteiger partial charge on any atom is 0.318 e. The Labute approximate surface area is 132 Å². The lowest BCUT2D eigenvalue weighted by Crippen LogP contribution is -2.14. The zero-order valence-corrected chi connectivity index (χ0v) is 14.0. The molecule has 0 amide bonds. The van der Waals surface area contributed by atoms with Gasteiger partial charge in [0.2, 0.25) is 5.13 Å². The van der Waals surface area contributed by atoms with Gasteiger partial charge in [0.25, 0.3) is 0 Å². The molecular weight excluding hydrogens is 306 g/mol. The molecule has 1 heterocycles. The quantitative estimate of drug-likeness (QED) is 0.670. The van der Waals surface area contributed by atoms with E-state index in [0.717, 1.165) is 10.0 Å². The van der Waals surface area contributed by atoms with Crippen LogP contribution in [0.1, 0.15) is 18.1 Å². The highest BCUT2D eigenvalue weighted by atomic mass is 32.2.